The first-order valence-electron chi connectivity index (χ1n) is 26.1. The van der Waals surface area contributed by atoms with E-state index in [4.69, 9.17) is 35.3 Å². The second-order valence-electron chi connectivity index (χ2n) is 19.2. The molecule has 14 nitrogen and oxygen atoms in total. The molecule has 0 saturated heterocycles. The molecule has 3 amide bonds. The van der Waals surface area contributed by atoms with Gasteiger partial charge in [0.2, 0.25) is 5.75 Å². The molecule has 0 heterocycles. The monoisotopic (exact) mass is 1260 g/mol. The molecule has 0 spiro atoms. The summed E-state index contributed by atoms with van der Waals surface area (Å²) in [5, 5.41) is 7.48. The minimum Gasteiger partial charge on any atom is -0.493 e. The van der Waals surface area contributed by atoms with E-state index in [1.807, 2.05) is 13.8 Å². The maximum absolute atomic E-state index is 14.2. The predicted octanol–water partition coefficient (Wildman–Crippen LogP) is 15.3. The second kappa shape index (κ2) is 28.5. The number of rotatable bonds is 14. The van der Waals surface area contributed by atoms with Gasteiger partial charge in [-0.1, -0.05) is 48.0 Å². The van der Waals surface area contributed by atoms with E-state index in [0.717, 1.165) is 53.6 Å². The molecule has 3 N–H and O–H groups in total. The summed E-state index contributed by atoms with van der Waals surface area (Å²) in [4.78, 5) is 72.6. The molecule has 462 valence electrons. The van der Waals surface area contributed by atoms with Crippen LogP contribution >= 0.6 is 11.6 Å². The summed E-state index contributed by atoms with van der Waals surface area (Å²) in [5.74, 6) is -4.32. The van der Waals surface area contributed by atoms with Crippen molar-refractivity contribution < 1.29 is 96.4 Å². The lowest BCUT2D eigenvalue weighted by Crippen LogP contribution is -2.24. The van der Waals surface area contributed by atoms with Crippen molar-refractivity contribution in [3.63, 3.8) is 0 Å². The first-order valence-corrected chi connectivity index (χ1v) is 26.4. The number of alkyl halides is 9. The molecule has 25 heteroatoms. The number of nitrogens with one attached hydrogen (secondary N) is 3. The number of halogens is 11. The van der Waals surface area contributed by atoms with Crippen LogP contribution in [0.1, 0.15) is 78.2 Å². The fourth-order valence-corrected chi connectivity index (χ4v) is 8.41. The minimum atomic E-state index is -4.72. The van der Waals surface area contributed by atoms with Crippen molar-refractivity contribution in [3.8, 4) is 46.0 Å². The third-order valence-corrected chi connectivity index (χ3v) is 12.7. The SMILES string of the molecule is COc1cc(C)ccc1Oc1ccc(C(F)(F)F)cc1C(=O)NC1=CC(=O)CC=C1.COc1cccc(F)c1Oc1ccc(C(F)(F)F)cc1C(=O)NC1=CC(=O)CC=C1.Cc1ccc(Oc2ccc(C(F)(F)F)cc2C(=O)NC2=CC(=O)CC=C2)c(Cl)c1. The van der Waals surface area contributed by atoms with Gasteiger partial charge in [-0.25, -0.2) is 4.39 Å². The van der Waals surface area contributed by atoms with Crippen molar-refractivity contribution in [1.82, 2.24) is 16.0 Å². The Hall–Kier alpha value is -10.2. The molecule has 9 rings (SSSR count). The van der Waals surface area contributed by atoms with Crippen molar-refractivity contribution in [2.45, 2.75) is 51.6 Å². The molecule has 0 unspecified atom stereocenters. The van der Waals surface area contributed by atoms with E-state index in [-0.39, 0.29) is 110 Å². The number of benzene rings is 6. The smallest absolute Gasteiger partial charge is 0.416 e. The number of ketones is 3. The molecule has 0 saturated carbocycles. The first-order chi connectivity index (χ1) is 42.0. The van der Waals surface area contributed by atoms with E-state index in [2.05, 4.69) is 16.0 Å². The second-order valence-corrected chi connectivity index (χ2v) is 19.6. The molecule has 3 aliphatic rings. The zero-order valence-electron chi connectivity index (χ0n) is 46.9. The Morgan fingerprint density at radius 2 is 0.798 bits per heavy atom. The summed E-state index contributed by atoms with van der Waals surface area (Å²) in [5.41, 5.74) is -2.03. The van der Waals surface area contributed by atoms with Gasteiger partial charge >= 0.3 is 18.5 Å². The van der Waals surface area contributed by atoms with Crippen LogP contribution < -0.4 is 39.6 Å². The van der Waals surface area contributed by atoms with E-state index >= 15 is 0 Å². The number of carbonyl (C=O) groups excluding carboxylic acids is 6. The Bertz CT molecular complexity index is 3950. The van der Waals surface area contributed by atoms with Crippen molar-refractivity contribution in [2.75, 3.05) is 14.2 Å². The Kier molecular flexibility index (Phi) is 21.2. The van der Waals surface area contributed by atoms with E-state index in [1.54, 1.807) is 48.6 Å². The van der Waals surface area contributed by atoms with E-state index in [9.17, 15) is 72.7 Å². The Balaban J connectivity index is 0.000000190. The van der Waals surface area contributed by atoms with Crippen molar-refractivity contribution in [2.24, 2.45) is 0 Å². The van der Waals surface area contributed by atoms with Crippen LogP contribution in [-0.2, 0) is 32.9 Å². The lowest BCUT2D eigenvalue weighted by atomic mass is 10.1. The Labute approximate surface area is 505 Å². The summed E-state index contributed by atoms with van der Waals surface area (Å²) in [6.45, 7) is 3.66. The highest BCUT2D eigenvalue weighted by Crippen LogP contribution is 2.41. The highest BCUT2D eigenvalue weighted by Gasteiger charge is 2.35. The summed E-state index contributed by atoms with van der Waals surface area (Å²) >= 11 is 6.13. The maximum Gasteiger partial charge on any atom is 0.416 e. The van der Waals surface area contributed by atoms with E-state index < -0.39 is 64.3 Å². The molecule has 6 aromatic rings. The van der Waals surface area contributed by atoms with Gasteiger partial charge in [0.05, 0.1) is 52.6 Å². The zero-order chi connectivity index (χ0) is 65.0. The predicted molar refractivity (Wildman–Crippen MR) is 304 cm³/mol. The number of allylic oxidation sites excluding steroid dienone is 9. The highest BCUT2D eigenvalue weighted by molar-refractivity contribution is 6.32. The number of para-hydroxylation sites is 1. The molecular formula is C64H48ClF10N3O11. The normalized spacial score (nSPS) is 13.7. The van der Waals surface area contributed by atoms with Gasteiger partial charge < -0.3 is 39.6 Å². The van der Waals surface area contributed by atoms with Gasteiger partial charge in [-0.05, 0) is 134 Å². The number of carbonyl (C=O) groups is 6. The standard InChI is InChI=1S/C22H18F3NO4.C21H15ClF3NO3.C21H15F4NO4/c1-13-6-8-19(20(10-13)29-2)30-18-9-7-14(22(23,24)25)11-17(18)21(28)26-15-4-3-5-16(27)12-15;1-12-5-7-19(17(22)9-12)29-18-8-6-13(21(23,24)25)10-16(18)20(28)26-14-3-2-4-15(27)11-14;1-29-18-7-3-6-16(22)19(18)30-17-9-8-12(21(23,24)25)10-15(17)20(28)26-13-4-2-5-14(27)11-13/h3-4,6-12H,5H2,1-2H3,(H,26,28);2-3,5-11H,4H2,1H3,(H,26,28);2-4,6-11H,5H2,1H3,(H,26,28). The van der Waals surface area contributed by atoms with Gasteiger partial charge in [-0.3, -0.25) is 28.8 Å². The van der Waals surface area contributed by atoms with Gasteiger partial charge in [-0.2, -0.15) is 39.5 Å². The van der Waals surface area contributed by atoms with Crippen molar-refractivity contribution >= 4 is 46.7 Å². The summed E-state index contributed by atoms with van der Waals surface area (Å²) < 4.78 is 160. The van der Waals surface area contributed by atoms with E-state index in [1.165, 1.54) is 62.8 Å². The van der Waals surface area contributed by atoms with Crippen LogP contribution in [0, 0.1) is 19.7 Å². The third-order valence-electron chi connectivity index (χ3n) is 12.4. The Morgan fingerprint density at radius 1 is 0.438 bits per heavy atom. The molecule has 0 bridgehead atoms. The molecule has 0 atom stereocenters. The summed E-state index contributed by atoms with van der Waals surface area (Å²) in [6, 6.07) is 21.2. The first kappa shape index (κ1) is 66.3. The average molecular weight is 1260 g/mol. The molecular weight excluding hydrogens is 1210 g/mol. The van der Waals surface area contributed by atoms with Crippen LogP contribution in [0.4, 0.5) is 43.9 Å². The number of hydrogen-bond donors (Lipinski definition) is 3. The van der Waals surface area contributed by atoms with Crippen LogP contribution in [-0.4, -0.2) is 49.3 Å². The van der Waals surface area contributed by atoms with E-state index in [0.29, 0.717) is 30.0 Å². The Morgan fingerprint density at radius 3 is 1.17 bits per heavy atom. The quantitative estimate of drug-likeness (QED) is 0.0882. The number of aryl methyl sites for hydroxylation is 2. The third kappa shape index (κ3) is 18.2. The van der Waals surface area contributed by atoms with Crippen LogP contribution in [0.3, 0.4) is 0 Å². The number of amides is 3. The fourth-order valence-electron chi connectivity index (χ4n) is 8.14. The van der Waals surface area contributed by atoms with Crippen LogP contribution in [0.5, 0.6) is 46.0 Å². The molecule has 0 aromatic heterocycles. The fraction of sp³-hybridized carbons (Fsp3) is 0.156. The zero-order valence-corrected chi connectivity index (χ0v) is 47.6. The molecule has 0 fully saturated rings. The van der Waals surface area contributed by atoms with Gasteiger partial charge in [0.25, 0.3) is 17.7 Å². The van der Waals surface area contributed by atoms with Gasteiger partial charge in [-0.15, -0.1) is 0 Å². The molecule has 89 heavy (non-hydrogen) atoms. The highest BCUT2D eigenvalue weighted by atomic mass is 35.5. The topological polar surface area (TPSA) is 185 Å². The lowest BCUT2D eigenvalue weighted by Gasteiger charge is -2.16. The van der Waals surface area contributed by atoms with Gasteiger partial charge in [0.15, 0.2) is 40.4 Å². The van der Waals surface area contributed by atoms with Gasteiger partial charge in [0.1, 0.15) is 23.0 Å². The molecule has 3 aliphatic carbocycles. The van der Waals surface area contributed by atoms with Crippen LogP contribution in [0.2, 0.25) is 5.02 Å². The summed E-state index contributed by atoms with van der Waals surface area (Å²) in [7, 11) is 2.70. The number of methoxy groups -OCH3 is 2. The maximum atomic E-state index is 14.2. The van der Waals surface area contributed by atoms with Gasteiger partial charge in [0, 0.05) is 54.6 Å². The average Bonchev–Trinajstić information content (AvgIpc) is 2.05. The van der Waals surface area contributed by atoms with Crippen LogP contribution in [0.15, 0.2) is 181 Å². The minimum absolute atomic E-state index is 0.00947. The number of hydrogen-bond acceptors (Lipinski definition) is 11. The van der Waals surface area contributed by atoms with Crippen molar-refractivity contribution in [1.29, 1.82) is 0 Å². The number of ether oxygens (including phenoxy) is 5. The largest absolute Gasteiger partial charge is 0.493 e. The lowest BCUT2D eigenvalue weighted by molar-refractivity contribution is -0.138. The molecule has 6 aromatic carbocycles. The van der Waals surface area contributed by atoms with Crippen LogP contribution in [0.25, 0.3) is 0 Å². The molecule has 0 radical (unpaired) electrons. The summed E-state index contributed by atoms with van der Waals surface area (Å²) in [6.07, 6.45) is -0.790. The molecule has 0 aliphatic heterocycles. The van der Waals surface area contributed by atoms with Crippen molar-refractivity contribution in [3.05, 3.63) is 236 Å².